The Morgan fingerprint density at radius 2 is 1.83 bits per heavy atom. The number of hydrogen-bond donors (Lipinski definition) is 0. The number of rotatable bonds is 2. The summed E-state index contributed by atoms with van der Waals surface area (Å²) in [6.45, 7) is 2.27. The van der Waals surface area contributed by atoms with Crippen LogP contribution in [0.5, 0.6) is 0 Å². The van der Waals surface area contributed by atoms with Crippen molar-refractivity contribution >= 4 is 21.4 Å². The molecular formula is C5H13In. The normalized spacial score (nSPS) is 8.50. The van der Waals surface area contributed by atoms with Crippen molar-refractivity contribution in [2.75, 3.05) is 0 Å². The van der Waals surface area contributed by atoms with Gasteiger partial charge in [0.05, 0.1) is 0 Å². The van der Waals surface area contributed by atoms with Crippen molar-refractivity contribution < 1.29 is 0 Å². The van der Waals surface area contributed by atoms with Crippen molar-refractivity contribution in [3.05, 3.63) is 0 Å². The Kier molecular flexibility index (Phi) is 4.63. The summed E-state index contributed by atoms with van der Waals surface area (Å²) < 4.78 is 6.51. The molecule has 0 N–H and O–H groups in total. The van der Waals surface area contributed by atoms with E-state index in [0.717, 1.165) is 0 Å². The molecular weight excluding hydrogens is 175 g/mol. The topological polar surface area (TPSA) is 0 Å². The molecule has 0 radical (unpaired) electrons. The molecule has 0 saturated heterocycles. The second-order valence-electron chi connectivity index (χ2n) is 2.18. The van der Waals surface area contributed by atoms with Crippen LogP contribution in [0.1, 0.15) is 13.3 Å². The molecule has 36 valence electrons. The van der Waals surface area contributed by atoms with Gasteiger partial charge in [0.1, 0.15) is 0 Å². The summed E-state index contributed by atoms with van der Waals surface area (Å²) in [6.07, 6.45) is 1.42. The molecule has 0 saturated carbocycles. The Labute approximate surface area is 48.5 Å². The van der Waals surface area contributed by atoms with E-state index in [2.05, 4.69) is 16.3 Å². The first-order chi connectivity index (χ1) is 2.77. The van der Waals surface area contributed by atoms with Crippen LogP contribution in [0.2, 0.25) is 13.5 Å². The van der Waals surface area contributed by atoms with E-state index in [-0.39, 0.29) is 0 Å². The molecule has 0 aromatic rings. The van der Waals surface area contributed by atoms with Crippen LogP contribution in [0.3, 0.4) is 0 Å². The van der Waals surface area contributed by atoms with E-state index in [1.54, 1.807) is 4.18 Å². The van der Waals surface area contributed by atoms with E-state index < -0.39 is 21.4 Å². The van der Waals surface area contributed by atoms with Gasteiger partial charge in [-0.1, -0.05) is 0 Å². The maximum atomic E-state index is 2.46. The quantitative estimate of drug-likeness (QED) is 0.622. The predicted molar refractivity (Wildman–Crippen MR) is 32.6 cm³/mol. The Morgan fingerprint density at radius 1 is 1.33 bits per heavy atom. The fourth-order valence-electron chi connectivity index (χ4n) is 0.577. The van der Waals surface area contributed by atoms with Gasteiger partial charge in [0.2, 0.25) is 0 Å². The maximum absolute atomic E-state index is 2.46. The first-order valence-electron chi connectivity index (χ1n) is 2.77. The van der Waals surface area contributed by atoms with E-state index in [4.69, 9.17) is 0 Å². The van der Waals surface area contributed by atoms with E-state index >= 15 is 0 Å². The van der Waals surface area contributed by atoms with Crippen LogP contribution in [0, 0.1) is 0 Å². The summed E-state index contributed by atoms with van der Waals surface area (Å²) >= 11 is -0.718. The molecule has 0 atom stereocenters. The van der Waals surface area contributed by atoms with Gasteiger partial charge in [-0.25, -0.2) is 0 Å². The van der Waals surface area contributed by atoms with Crippen LogP contribution in [-0.2, 0) is 0 Å². The van der Waals surface area contributed by atoms with Gasteiger partial charge < -0.3 is 0 Å². The average Bonchev–Trinajstić information content (AvgIpc) is 1.35. The molecule has 0 rings (SSSR count). The van der Waals surface area contributed by atoms with Gasteiger partial charge in [0.15, 0.2) is 0 Å². The monoisotopic (exact) mass is 188 g/mol. The summed E-state index contributed by atoms with van der Waals surface area (Å²) in [6, 6.07) is 0. The predicted octanol–water partition coefficient (Wildman–Crippen LogP) is 2.15. The Bertz CT molecular complexity index is 25.1. The fourth-order valence-corrected chi connectivity index (χ4v) is 3.87. The van der Waals surface area contributed by atoms with Gasteiger partial charge in [-0.2, -0.15) is 0 Å². The third kappa shape index (κ3) is 4.87. The second kappa shape index (κ2) is 4.04. The summed E-state index contributed by atoms with van der Waals surface area (Å²) in [5.74, 6) is 0. The molecule has 1 heteroatoms. The standard InChI is InChI=1S/C3H7.2CH3.In/c1-3-2;;;/h1,3H2,2H3;2*1H3;. The zero-order valence-corrected chi connectivity index (χ0v) is 8.29. The second-order valence-corrected chi connectivity index (χ2v) is 11.8. The molecule has 0 nitrogen and oxygen atoms in total. The fraction of sp³-hybridized carbons (Fsp3) is 1.00. The van der Waals surface area contributed by atoms with Crippen molar-refractivity contribution in [2.45, 2.75) is 26.9 Å². The SMILES string of the molecule is CC[CH2][In]([CH3])[CH3]. The van der Waals surface area contributed by atoms with Gasteiger partial charge in [-0.3, -0.25) is 0 Å². The van der Waals surface area contributed by atoms with E-state index in [1.807, 2.05) is 0 Å². The van der Waals surface area contributed by atoms with Crippen molar-refractivity contribution in [3.8, 4) is 0 Å². The molecule has 0 heterocycles. The zero-order valence-electron chi connectivity index (χ0n) is 4.99. The molecule has 0 fully saturated rings. The van der Waals surface area contributed by atoms with E-state index in [9.17, 15) is 0 Å². The van der Waals surface area contributed by atoms with Crippen molar-refractivity contribution in [3.63, 3.8) is 0 Å². The summed E-state index contributed by atoms with van der Waals surface area (Å²) in [4.78, 5) is 0. The van der Waals surface area contributed by atoms with Gasteiger partial charge in [0, 0.05) is 0 Å². The van der Waals surface area contributed by atoms with Gasteiger partial charge in [-0.15, -0.1) is 0 Å². The average molecular weight is 188 g/mol. The molecule has 0 aromatic carbocycles. The van der Waals surface area contributed by atoms with Crippen molar-refractivity contribution in [2.24, 2.45) is 0 Å². The van der Waals surface area contributed by atoms with Crippen LogP contribution in [0.25, 0.3) is 0 Å². The van der Waals surface area contributed by atoms with Gasteiger partial charge >= 0.3 is 48.3 Å². The van der Waals surface area contributed by atoms with Crippen molar-refractivity contribution in [1.82, 2.24) is 0 Å². The molecule has 0 amide bonds. The van der Waals surface area contributed by atoms with Crippen LogP contribution >= 0.6 is 0 Å². The molecule has 0 spiro atoms. The molecule has 0 unspecified atom stereocenters. The van der Waals surface area contributed by atoms with Crippen LogP contribution in [0.4, 0.5) is 0 Å². The molecule has 0 aliphatic carbocycles. The Morgan fingerprint density at radius 3 is 1.83 bits per heavy atom. The zero-order chi connectivity index (χ0) is 4.99. The first kappa shape index (κ1) is 6.87. The summed E-state index contributed by atoms with van der Waals surface area (Å²) in [5, 5.41) is 0. The molecule has 0 aromatic heterocycles. The third-order valence-corrected chi connectivity index (χ3v) is 5.81. The van der Waals surface area contributed by atoms with Crippen LogP contribution in [0.15, 0.2) is 0 Å². The minimum atomic E-state index is -0.718. The molecule has 0 aliphatic rings. The first-order valence-corrected chi connectivity index (χ1v) is 11.7. The Hall–Kier alpha value is 0.870. The Balaban J connectivity index is 2.63. The van der Waals surface area contributed by atoms with Gasteiger partial charge in [-0.05, 0) is 0 Å². The number of hydrogen-bond acceptors (Lipinski definition) is 0. The van der Waals surface area contributed by atoms with Gasteiger partial charge in [0.25, 0.3) is 0 Å². The summed E-state index contributed by atoms with van der Waals surface area (Å²) in [5.41, 5.74) is 0. The minimum absolute atomic E-state index is 0.718. The van der Waals surface area contributed by atoms with Crippen LogP contribution < -0.4 is 0 Å². The van der Waals surface area contributed by atoms with E-state index in [1.165, 1.54) is 6.42 Å². The van der Waals surface area contributed by atoms with Crippen LogP contribution in [-0.4, -0.2) is 21.4 Å². The third-order valence-electron chi connectivity index (χ3n) is 0.866. The van der Waals surface area contributed by atoms with Crippen molar-refractivity contribution in [1.29, 1.82) is 0 Å². The molecule has 6 heavy (non-hydrogen) atoms. The van der Waals surface area contributed by atoms with E-state index in [0.29, 0.717) is 0 Å². The molecule has 0 aliphatic heterocycles. The molecule has 0 bridgehead atoms. The summed E-state index contributed by atoms with van der Waals surface area (Å²) in [7, 11) is 0.